The molecule has 4 aliphatic heterocycles. The van der Waals surface area contributed by atoms with Crippen LogP contribution in [0.3, 0.4) is 0 Å². The van der Waals surface area contributed by atoms with Crippen LogP contribution in [0.25, 0.3) is 0 Å². The van der Waals surface area contributed by atoms with Crippen molar-refractivity contribution in [3.63, 3.8) is 0 Å². The molecular formula is C35H45N5O6. The Balaban J connectivity index is 0.986. The number of alkyl carbamates (subject to hydrolysis) is 1. The molecule has 46 heavy (non-hydrogen) atoms. The molecular weight excluding hydrogens is 586 g/mol. The number of amides is 4. The molecule has 1 unspecified atom stereocenters. The number of piperidine rings is 3. The molecule has 0 aliphatic carbocycles. The molecule has 1 atom stereocenters. The second-order valence-corrected chi connectivity index (χ2v) is 14.2. The molecule has 0 spiro atoms. The van der Waals surface area contributed by atoms with Gasteiger partial charge in [-0.1, -0.05) is 24.3 Å². The maximum atomic E-state index is 13.1. The summed E-state index contributed by atoms with van der Waals surface area (Å²) in [5.41, 5.74) is 3.09. The van der Waals surface area contributed by atoms with Gasteiger partial charge in [0.2, 0.25) is 11.8 Å². The molecule has 6 rings (SSSR count). The van der Waals surface area contributed by atoms with Crippen LogP contribution in [-0.4, -0.2) is 82.6 Å². The lowest BCUT2D eigenvalue weighted by Crippen LogP contribution is -2.52. The summed E-state index contributed by atoms with van der Waals surface area (Å²) in [5, 5.41) is 17.0. The Labute approximate surface area is 270 Å². The fraction of sp³-hybridized carbons (Fsp3) is 0.543. The quantitative estimate of drug-likeness (QED) is 0.414. The van der Waals surface area contributed by atoms with Crippen LogP contribution in [0.4, 0.5) is 10.5 Å². The van der Waals surface area contributed by atoms with Crippen LogP contribution in [0, 0.1) is 0 Å². The average Bonchev–Trinajstić information content (AvgIpc) is 3.33. The number of nitrogens with one attached hydrogen (secondary N) is 2. The van der Waals surface area contributed by atoms with Gasteiger partial charge in [-0.15, -0.1) is 0 Å². The summed E-state index contributed by atoms with van der Waals surface area (Å²) in [7, 11) is 0. The normalized spacial score (nSPS) is 22.4. The Morgan fingerprint density at radius 3 is 2.35 bits per heavy atom. The molecule has 0 radical (unpaired) electrons. The molecule has 11 heteroatoms. The number of hydrogen-bond donors (Lipinski definition) is 3. The maximum Gasteiger partial charge on any atom is 0.407 e. The number of rotatable bonds is 6. The SMILES string of the molecule is CC(C)(C)OC(=O)NC1CCN(c2ccc(CN3CCC(O)(c4ccc5c(c4)CN(C4CCC(=O)NC4=O)C5=O)CC3)cc2)CC1. The van der Waals surface area contributed by atoms with E-state index in [-0.39, 0.29) is 30.4 Å². The number of anilines is 1. The van der Waals surface area contributed by atoms with Gasteiger partial charge in [-0.05, 0) is 87.8 Å². The van der Waals surface area contributed by atoms with Crippen LogP contribution in [0.5, 0.6) is 0 Å². The van der Waals surface area contributed by atoms with E-state index in [2.05, 4.69) is 44.7 Å². The van der Waals surface area contributed by atoms with Crippen molar-refractivity contribution in [1.82, 2.24) is 20.4 Å². The zero-order valence-corrected chi connectivity index (χ0v) is 27.0. The van der Waals surface area contributed by atoms with E-state index in [1.807, 2.05) is 32.9 Å². The van der Waals surface area contributed by atoms with Crippen molar-refractivity contribution in [3.05, 3.63) is 64.7 Å². The van der Waals surface area contributed by atoms with Crippen molar-refractivity contribution >= 4 is 29.5 Å². The van der Waals surface area contributed by atoms with Gasteiger partial charge in [-0.25, -0.2) is 4.79 Å². The largest absolute Gasteiger partial charge is 0.444 e. The van der Waals surface area contributed by atoms with Crippen LogP contribution in [-0.2, 0) is 33.0 Å². The minimum Gasteiger partial charge on any atom is -0.444 e. The molecule has 3 fully saturated rings. The van der Waals surface area contributed by atoms with Gasteiger partial charge in [0, 0.05) is 63.0 Å². The number of likely N-dealkylation sites (tertiary alicyclic amines) is 1. The van der Waals surface area contributed by atoms with E-state index in [9.17, 15) is 24.3 Å². The molecule has 2 aromatic carbocycles. The first kappa shape index (κ1) is 32.0. The standard InChI is InChI=1S/C35H45N5O6/c1-34(2,3)46-33(44)36-26-12-16-39(17-13-26)27-7-4-23(5-8-27)21-38-18-14-35(45,15-19-38)25-6-9-28-24(20-25)22-40(32(28)43)29-10-11-30(41)37-31(29)42/h4-9,20,26,29,45H,10-19,21-22H2,1-3H3,(H,36,44)(H,37,41,42). The summed E-state index contributed by atoms with van der Waals surface area (Å²) in [4.78, 5) is 55.4. The van der Waals surface area contributed by atoms with Gasteiger partial charge in [-0.3, -0.25) is 24.6 Å². The van der Waals surface area contributed by atoms with E-state index in [1.54, 1.807) is 11.0 Å². The first-order chi connectivity index (χ1) is 21.9. The highest BCUT2D eigenvalue weighted by molar-refractivity contribution is 6.05. The van der Waals surface area contributed by atoms with Crippen LogP contribution < -0.4 is 15.5 Å². The number of nitrogens with zero attached hydrogens (tertiary/aromatic N) is 3. The number of benzene rings is 2. The fourth-order valence-corrected chi connectivity index (χ4v) is 7.06. The zero-order chi connectivity index (χ0) is 32.6. The Kier molecular flexibility index (Phi) is 8.82. The number of imide groups is 1. The van der Waals surface area contributed by atoms with Crippen LogP contribution in [0.15, 0.2) is 42.5 Å². The molecule has 4 aliphatic rings. The predicted octanol–water partition coefficient (Wildman–Crippen LogP) is 3.42. The highest BCUT2D eigenvalue weighted by atomic mass is 16.6. The lowest BCUT2D eigenvalue weighted by atomic mass is 9.83. The lowest BCUT2D eigenvalue weighted by molar-refractivity contribution is -0.136. The van der Waals surface area contributed by atoms with Gasteiger partial charge in [0.25, 0.3) is 5.91 Å². The number of fused-ring (bicyclic) bond motifs is 1. The van der Waals surface area contributed by atoms with Crippen molar-refractivity contribution in [1.29, 1.82) is 0 Å². The van der Waals surface area contributed by atoms with Gasteiger partial charge in [-0.2, -0.15) is 0 Å². The first-order valence-corrected chi connectivity index (χ1v) is 16.4. The third kappa shape index (κ3) is 7.05. The number of ether oxygens (including phenoxy) is 1. The molecule has 3 N–H and O–H groups in total. The minimum atomic E-state index is -0.981. The molecule has 246 valence electrons. The van der Waals surface area contributed by atoms with E-state index >= 15 is 0 Å². The molecule has 4 amide bonds. The molecule has 0 bridgehead atoms. The highest BCUT2D eigenvalue weighted by Crippen LogP contribution is 2.37. The maximum absolute atomic E-state index is 13.1. The van der Waals surface area contributed by atoms with Crippen molar-refractivity contribution in [2.24, 2.45) is 0 Å². The first-order valence-electron chi connectivity index (χ1n) is 16.4. The summed E-state index contributed by atoms with van der Waals surface area (Å²) < 4.78 is 5.40. The van der Waals surface area contributed by atoms with E-state index < -0.39 is 23.2 Å². The van der Waals surface area contributed by atoms with Gasteiger partial charge in [0.15, 0.2) is 0 Å². The smallest absolute Gasteiger partial charge is 0.407 e. The van der Waals surface area contributed by atoms with Crippen molar-refractivity contribution < 1.29 is 29.0 Å². The molecule has 0 saturated carbocycles. The van der Waals surface area contributed by atoms with E-state index in [4.69, 9.17) is 4.74 Å². The molecule has 11 nitrogen and oxygen atoms in total. The van der Waals surface area contributed by atoms with Gasteiger partial charge in [0.05, 0.1) is 5.60 Å². The topological polar surface area (TPSA) is 132 Å². The molecule has 4 heterocycles. The van der Waals surface area contributed by atoms with Crippen LogP contribution in [0.1, 0.15) is 86.3 Å². The molecule has 3 saturated heterocycles. The van der Waals surface area contributed by atoms with Gasteiger partial charge >= 0.3 is 6.09 Å². The van der Waals surface area contributed by atoms with E-state index in [0.717, 1.165) is 56.7 Å². The molecule has 2 aromatic rings. The minimum absolute atomic E-state index is 0.120. The number of carbonyl (C=O) groups is 4. The number of aliphatic hydroxyl groups is 1. The second-order valence-electron chi connectivity index (χ2n) is 14.2. The Bertz CT molecular complexity index is 1490. The lowest BCUT2D eigenvalue weighted by Gasteiger charge is -2.39. The third-order valence-electron chi connectivity index (χ3n) is 9.67. The van der Waals surface area contributed by atoms with Gasteiger partial charge in [0.1, 0.15) is 11.6 Å². The third-order valence-corrected chi connectivity index (χ3v) is 9.67. The summed E-state index contributed by atoms with van der Waals surface area (Å²) in [6.45, 7) is 9.94. The Morgan fingerprint density at radius 2 is 1.70 bits per heavy atom. The van der Waals surface area contributed by atoms with Crippen LogP contribution >= 0.6 is 0 Å². The second kappa shape index (κ2) is 12.7. The summed E-state index contributed by atoms with van der Waals surface area (Å²) in [6.07, 6.45) is 3.10. The van der Waals surface area contributed by atoms with Crippen LogP contribution in [0.2, 0.25) is 0 Å². The van der Waals surface area contributed by atoms with E-state index in [0.29, 0.717) is 31.4 Å². The summed E-state index contributed by atoms with van der Waals surface area (Å²) >= 11 is 0. The fourth-order valence-electron chi connectivity index (χ4n) is 7.06. The van der Waals surface area contributed by atoms with E-state index in [1.165, 1.54) is 11.3 Å². The summed E-state index contributed by atoms with van der Waals surface area (Å²) in [5.74, 6) is -0.933. The Morgan fingerprint density at radius 1 is 1.00 bits per heavy atom. The number of hydrogen-bond acceptors (Lipinski definition) is 8. The van der Waals surface area contributed by atoms with Crippen molar-refractivity contribution in [2.45, 2.75) is 95.7 Å². The zero-order valence-electron chi connectivity index (χ0n) is 27.0. The van der Waals surface area contributed by atoms with Crippen molar-refractivity contribution in [2.75, 3.05) is 31.1 Å². The highest BCUT2D eigenvalue weighted by Gasteiger charge is 2.41. The Hall–Kier alpha value is -3.96. The monoisotopic (exact) mass is 631 g/mol. The molecule has 0 aromatic heterocycles. The average molecular weight is 632 g/mol. The van der Waals surface area contributed by atoms with Gasteiger partial charge < -0.3 is 25.0 Å². The summed E-state index contributed by atoms with van der Waals surface area (Å²) in [6, 6.07) is 13.7. The predicted molar refractivity (Wildman–Crippen MR) is 172 cm³/mol. The number of carbonyl (C=O) groups excluding carboxylic acids is 4. The van der Waals surface area contributed by atoms with Crippen molar-refractivity contribution in [3.8, 4) is 0 Å².